The summed E-state index contributed by atoms with van der Waals surface area (Å²) in [5.41, 5.74) is 9.09. The van der Waals surface area contributed by atoms with Crippen molar-refractivity contribution in [2.24, 2.45) is 10.7 Å². The fourth-order valence-corrected chi connectivity index (χ4v) is 1.61. The standard InChI is InChI=1S/C15H17N3/c1-12-8-10-13(11-9-12)17-15(16)18(2)14-6-4-3-5-7-14/h3-11H,1-2H3,(H2,16,17). The third-order valence-electron chi connectivity index (χ3n) is 2.76. The van der Waals surface area contributed by atoms with E-state index in [0.29, 0.717) is 5.96 Å². The SMILES string of the molecule is Cc1ccc(N=C(N)N(C)c2ccccc2)cc1. The average Bonchev–Trinajstić information content (AvgIpc) is 2.41. The Balaban J connectivity index is 2.20. The fraction of sp³-hybridized carbons (Fsp3) is 0.133. The monoisotopic (exact) mass is 239 g/mol. The first-order chi connectivity index (χ1) is 8.66. The lowest BCUT2D eigenvalue weighted by molar-refractivity contribution is 1.22. The number of hydrogen-bond acceptors (Lipinski definition) is 1. The predicted octanol–water partition coefficient (Wildman–Crippen LogP) is 3.08. The molecule has 2 rings (SSSR count). The van der Waals surface area contributed by atoms with Gasteiger partial charge in [-0.3, -0.25) is 0 Å². The van der Waals surface area contributed by atoms with Gasteiger partial charge in [0.25, 0.3) is 0 Å². The van der Waals surface area contributed by atoms with Crippen LogP contribution in [0.4, 0.5) is 11.4 Å². The summed E-state index contributed by atoms with van der Waals surface area (Å²) in [7, 11) is 1.91. The number of rotatable bonds is 2. The van der Waals surface area contributed by atoms with E-state index in [1.165, 1.54) is 5.56 Å². The summed E-state index contributed by atoms with van der Waals surface area (Å²) in [6.07, 6.45) is 0. The summed E-state index contributed by atoms with van der Waals surface area (Å²) in [5, 5.41) is 0. The topological polar surface area (TPSA) is 41.6 Å². The van der Waals surface area contributed by atoms with E-state index in [0.717, 1.165) is 11.4 Å². The lowest BCUT2D eigenvalue weighted by Crippen LogP contribution is -2.33. The van der Waals surface area contributed by atoms with Gasteiger partial charge in [0.15, 0.2) is 0 Å². The molecule has 2 aromatic rings. The van der Waals surface area contributed by atoms with Crippen LogP contribution in [0.3, 0.4) is 0 Å². The van der Waals surface area contributed by atoms with Gasteiger partial charge in [-0.25, -0.2) is 4.99 Å². The van der Waals surface area contributed by atoms with Crippen LogP contribution < -0.4 is 10.6 Å². The van der Waals surface area contributed by atoms with E-state index in [-0.39, 0.29) is 0 Å². The number of anilines is 1. The Bertz CT molecular complexity index is 529. The molecule has 0 saturated heterocycles. The second-order valence-electron chi connectivity index (χ2n) is 4.20. The Hall–Kier alpha value is -2.29. The number of para-hydroxylation sites is 1. The van der Waals surface area contributed by atoms with Crippen molar-refractivity contribution in [1.29, 1.82) is 0 Å². The highest BCUT2D eigenvalue weighted by Crippen LogP contribution is 2.15. The number of hydrogen-bond donors (Lipinski definition) is 1. The van der Waals surface area contributed by atoms with Gasteiger partial charge in [-0.2, -0.15) is 0 Å². The van der Waals surface area contributed by atoms with Crippen molar-refractivity contribution >= 4 is 17.3 Å². The lowest BCUT2D eigenvalue weighted by atomic mass is 10.2. The smallest absolute Gasteiger partial charge is 0.200 e. The highest BCUT2D eigenvalue weighted by atomic mass is 15.2. The molecule has 3 heteroatoms. The minimum atomic E-state index is 0.477. The van der Waals surface area contributed by atoms with E-state index in [2.05, 4.69) is 4.99 Å². The molecular weight excluding hydrogens is 222 g/mol. The van der Waals surface area contributed by atoms with E-state index in [1.807, 2.05) is 73.5 Å². The summed E-state index contributed by atoms with van der Waals surface area (Å²) < 4.78 is 0. The Labute approximate surface area is 108 Å². The van der Waals surface area contributed by atoms with Crippen molar-refractivity contribution in [1.82, 2.24) is 0 Å². The van der Waals surface area contributed by atoms with Crippen molar-refractivity contribution < 1.29 is 0 Å². The van der Waals surface area contributed by atoms with Crippen LogP contribution in [-0.2, 0) is 0 Å². The van der Waals surface area contributed by atoms with Gasteiger partial charge in [0.05, 0.1) is 5.69 Å². The second-order valence-corrected chi connectivity index (χ2v) is 4.20. The van der Waals surface area contributed by atoms with Crippen LogP contribution in [0, 0.1) is 6.92 Å². The second kappa shape index (κ2) is 5.36. The summed E-state index contributed by atoms with van der Waals surface area (Å²) in [4.78, 5) is 6.26. The molecule has 0 unspecified atom stereocenters. The normalized spacial score (nSPS) is 11.3. The van der Waals surface area contributed by atoms with Crippen LogP contribution in [0.15, 0.2) is 59.6 Å². The Kier molecular flexibility index (Phi) is 3.63. The van der Waals surface area contributed by atoms with Crippen LogP contribution in [0.25, 0.3) is 0 Å². The summed E-state index contributed by atoms with van der Waals surface area (Å²) in [5.74, 6) is 0.477. The fourth-order valence-electron chi connectivity index (χ4n) is 1.61. The number of aryl methyl sites for hydroxylation is 1. The van der Waals surface area contributed by atoms with E-state index >= 15 is 0 Å². The van der Waals surface area contributed by atoms with E-state index < -0.39 is 0 Å². The molecule has 0 amide bonds. The van der Waals surface area contributed by atoms with Crippen LogP contribution in [-0.4, -0.2) is 13.0 Å². The highest BCUT2D eigenvalue weighted by Gasteiger charge is 2.03. The molecule has 0 bridgehead atoms. The van der Waals surface area contributed by atoms with Crippen molar-refractivity contribution in [3.05, 3.63) is 60.2 Å². The van der Waals surface area contributed by atoms with Gasteiger partial charge in [0.1, 0.15) is 0 Å². The first kappa shape index (κ1) is 12.2. The van der Waals surface area contributed by atoms with Crippen molar-refractivity contribution in [3.8, 4) is 0 Å². The van der Waals surface area contributed by atoms with Gasteiger partial charge in [0, 0.05) is 12.7 Å². The zero-order chi connectivity index (χ0) is 13.0. The van der Waals surface area contributed by atoms with E-state index in [1.54, 1.807) is 0 Å². The van der Waals surface area contributed by atoms with Gasteiger partial charge < -0.3 is 10.6 Å². The molecule has 0 aliphatic rings. The molecule has 0 saturated carbocycles. The number of guanidine groups is 1. The maximum atomic E-state index is 6.00. The van der Waals surface area contributed by atoms with Gasteiger partial charge >= 0.3 is 0 Å². The molecule has 18 heavy (non-hydrogen) atoms. The number of benzene rings is 2. The van der Waals surface area contributed by atoms with Crippen molar-refractivity contribution in [2.75, 3.05) is 11.9 Å². The molecule has 0 aliphatic carbocycles. The minimum absolute atomic E-state index is 0.477. The largest absolute Gasteiger partial charge is 0.369 e. The van der Waals surface area contributed by atoms with Crippen LogP contribution >= 0.6 is 0 Å². The third kappa shape index (κ3) is 2.88. The first-order valence-electron chi connectivity index (χ1n) is 5.86. The average molecular weight is 239 g/mol. The molecule has 2 N–H and O–H groups in total. The van der Waals surface area contributed by atoms with Gasteiger partial charge in [0.2, 0.25) is 5.96 Å². The molecule has 3 nitrogen and oxygen atoms in total. The maximum Gasteiger partial charge on any atom is 0.200 e. The highest BCUT2D eigenvalue weighted by molar-refractivity contribution is 5.95. The third-order valence-corrected chi connectivity index (χ3v) is 2.76. The summed E-state index contributed by atoms with van der Waals surface area (Å²) in [6, 6.07) is 17.9. The van der Waals surface area contributed by atoms with Crippen molar-refractivity contribution in [3.63, 3.8) is 0 Å². The van der Waals surface area contributed by atoms with Crippen molar-refractivity contribution in [2.45, 2.75) is 6.92 Å². The molecule has 0 spiro atoms. The van der Waals surface area contributed by atoms with Crippen LogP contribution in [0.2, 0.25) is 0 Å². The van der Waals surface area contributed by atoms with Gasteiger partial charge in [-0.05, 0) is 31.2 Å². The minimum Gasteiger partial charge on any atom is -0.369 e. The zero-order valence-electron chi connectivity index (χ0n) is 10.7. The molecule has 0 aromatic heterocycles. The Morgan fingerprint density at radius 2 is 1.61 bits per heavy atom. The Morgan fingerprint density at radius 3 is 2.22 bits per heavy atom. The quantitative estimate of drug-likeness (QED) is 0.646. The number of nitrogens with two attached hydrogens (primary N) is 1. The van der Waals surface area contributed by atoms with Crippen LogP contribution in [0.1, 0.15) is 5.56 Å². The number of nitrogens with zero attached hydrogens (tertiary/aromatic N) is 2. The zero-order valence-corrected chi connectivity index (χ0v) is 10.7. The number of aliphatic imine (C=N–C) groups is 1. The van der Waals surface area contributed by atoms with Gasteiger partial charge in [-0.15, -0.1) is 0 Å². The molecule has 0 radical (unpaired) electrons. The van der Waals surface area contributed by atoms with Gasteiger partial charge in [-0.1, -0.05) is 35.9 Å². The molecule has 0 heterocycles. The molecule has 0 aliphatic heterocycles. The molecular formula is C15H17N3. The molecule has 0 fully saturated rings. The van der Waals surface area contributed by atoms with Crippen LogP contribution in [0.5, 0.6) is 0 Å². The maximum absolute atomic E-state index is 6.00. The predicted molar refractivity (Wildman–Crippen MR) is 77.3 cm³/mol. The molecule has 0 atom stereocenters. The Morgan fingerprint density at radius 1 is 1.00 bits per heavy atom. The van der Waals surface area contributed by atoms with E-state index in [9.17, 15) is 0 Å². The first-order valence-corrected chi connectivity index (χ1v) is 5.86. The molecule has 92 valence electrons. The lowest BCUT2D eigenvalue weighted by Gasteiger charge is -2.17. The summed E-state index contributed by atoms with van der Waals surface area (Å²) >= 11 is 0. The van der Waals surface area contributed by atoms with E-state index in [4.69, 9.17) is 5.73 Å². The summed E-state index contributed by atoms with van der Waals surface area (Å²) in [6.45, 7) is 2.05. The molecule has 2 aromatic carbocycles.